The molecule has 17 heavy (non-hydrogen) atoms. The van der Waals surface area contributed by atoms with Gasteiger partial charge in [0.15, 0.2) is 15.7 Å². The van der Waals surface area contributed by atoms with Crippen molar-refractivity contribution in [2.75, 3.05) is 11.5 Å². The normalized spacial score (nSPS) is 23.4. The lowest BCUT2D eigenvalue weighted by atomic mass is 10.1. The Kier molecular flexibility index (Phi) is 3.51. The van der Waals surface area contributed by atoms with Gasteiger partial charge in [-0.2, -0.15) is 4.98 Å². The topological polar surface area (TPSA) is 73.1 Å². The lowest BCUT2D eigenvalue weighted by molar-refractivity contribution is 0.353. The van der Waals surface area contributed by atoms with Gasteiger partial charge in [0.25, 0.3) is 0 Å². The first-order chi connectivity index (χ1) is 7.94. The van der Waals surface area contributed by atoms with Gasteiger partial charge in [-0.25, -0.2) is 8.42 Å². The van der Waals surface area contributed by atoms with Crippen LogP contribution in [-0.4, -0.2) is 30.1 Å². The molecule has 2 rings (SSSR count). The van der Waals surface area contributed by atoms with Gasteiger partial charge >= 0.3 is 0 Å². The Labute approximate surface area is 102 Å². The molecule has 1 aromatic heterocycles. The maximum absolute atomic E-state index is 11.3. The van der Waals surface area contributed by atoms with E-state index in [0.29, 0.717) is 30.4 Å². The Bertz CT molecular complexity index is 479. The second-order valence-electron chi connectivity index (χ2n) is 5.18. The fourth-order valence-corrected chi connectivity index (χ4v) is 3.96. The van der Waals surface area contributed by atoms with Gasteiger partial charge in [0, 0.05) is 12.8 Å². The highest BCUT2D eigenvalue weighted by molar-refractivity contribution is 7.91. The van der Waals surface area contributed by atoms with Crippen molar-refractivity contribution in [1.29, 1.82) is 0 Å². The van der Waals surface area contributed by atoms with E-state index in [-0.39, 0.29) is 11.7 Å². The molecule has 5 nitrogen and oxygen atoms in total. The van der Waals surface area contributed by atoms with Crippen molar-refractivity contribution in [2.24, 2.45) is 11.8 Å². The summed E-state index contributed by atoms with van der Waals surface area (Å²) in [5, 5.41) is 3.90. The molecule has 2 heterocycles. The van der Waals surface area contributed by atoms with Gasteiger partial charge < -0.3 is 4.52 Å². The van der Waals surface area contributed by atoms with Crippen molar-refractivity contribution in [3.63, 3.8) is 0 Å². The van der Waals surface area contributed by atoms with Gasteiger partial charge in [-0.3, -0.25) is 0 Å². The first-order valence-corrected chi connectivity index (χ1v) is 7.78. The third-order valence-corrected chi connectivity index (χ3v) is 4.73. The van der Waals surface area contributed by atoms with Crippen molar-refractivity contribution in [3.8, 4) is 0 Å². The molecule has 0 amide bonds. The van der Waals surface area contributed by atoms with Crippen LogP contribution >= 0.6 is 0 Å². The van der Waals surface area contributed by atoms with Crippen molar-refractivity contribution in [3.05, 3.63) is 11.7 Å². The van der Waals surface area contributed by atoms with Crippen LogP contribution in [0.15, 0.2) is 4.52 Å². The minimum Gasteiger partial charge on any atom is -0.339 e. The third-order valence-electron chi connectivity index (χ3n) is 2.89. The molecule has 0 bridgehead atoms. The van der Waals surface area contributed by atoms with Crippen LogP contribution in [0.5, 0.6) is 0 Å². The van der Waals surface area contributed by atoms with Gasteiger partial charge in [0.2, 0.25) is 5.89 Å². The number of hydrogen-bond acceptors (Lipinski definition) is 5. The molecule has 0 aliphatic carbocycles. The first kappa shape index (κ1) is 12.5. The monoisotopic (exact) mass is 258 g/mol. The molecule has 0 spiro atoms. The molecule has 96 valence electrons. The predicted molar refractivity (Wildman–Crippen MR) is 63.3 cm³/mol. The fraction of sp³-hybridized carbons (Fsp3) is 0.818. The van der Waals surface area contributed by atoms with Gasteiger partial charge in [-0.15, -0.1) is 0 Å². The summed E-state index contributed by atoms with van der Waals surface area (Å²) in [7, 11) is -2.82. The summed E-state index contributed by atoms with van der Waals surface area (Å²) < 4.78 is 27.8. The lowest BCUT2D eigenvalue weighted by Crippen LogP contribution is -2.07. The molecule has 0 unspecified atom stereocenters. The second-order valence-corrected chi connectivity index (χ2v) is 7.40. The zero-order valence-corrected chi connectivity index (χ0v) is 11.0. The largest absolute Gasteiger partial charge is 0.339 e. The van der Waals surface area contributed by atoms with E-state index in [1.54, 1.807) is 0 Å². The summed E-state index contributed by atoms with van der Waals surface area (Å²) in [6.07, 6.45) is 2.10. The Hall–Kier alpha value is -0.910. The number of hydrogen-bond donors (Lipinski definition) is 0. The van der Waals surface area contributed by atoms with Crippen LogP contribution in [0, 0.1) is 11.8 Å². The molecule has 0 saturated carbocycles. The van der Waals surface area contributed by atoms with Gasteiger partial charge in [-0.05, 0) is 18.3 Å². The van der Waals surface area contributed by atoms with Crippen molar-refractivity contribution in [1.82, 2.24) is 10.1 Å². The second kappa shape index (κ2) is 4.76. The highest BCUT2D eigenvalue weighted by Crippen LogP contribution is 2.22. The molecule has 1 aromatic rings. The third kappa shape index (κ3) is 3.52. The van der Waals surface area contributed by atoms with E-state index in [2.05, 4.69) is 24.0 Å². The van der Waals surface area contributed by atoms with Gasteiger partial charge in [0.05, 0.1) is 11.5 Å². The quantitative estimate of drug-likeness (QED) is 0.812. The summed E-state index contributed by atoms with van der Waals surface area (Å²) in [5.74, 6) is 2.48. The first-order valence-electron chi connectivity index (χ1n) is 5.96. The molecule has 6 heteroatoms. The maximum Gasteiger partial charge on any atom is 0.226 e. The Morgan fingerprint density at radius 1 is 1.47 bits per heavy atom. The highest BCUT2D eigenvalue weighted by Gasteiger charge is 2.29. The minimum atomic E-state index is -2.82. The fourth-order valence-electron chi connectivity index (χ4n) is 2.10. The van der Waals surface area contributed by atoms with Crippen LogP contribution < -0.4 is 0 Å². The van der Waals surface area contributed by atoms with E-state index in [9.17, 15) is 8.42 Å². The van der Waals surface area contributed by atoms with Crippen molar-refractivity contribution >= 4 is 9.84 Å². The van der Waals surface area contributed by atoms with Crippen molar-refractivity contribution in [2.45, 2.75) is 33.1 Å². The summed E-state index contributed by atoms with van der Waals surface area (Å²) in [4.78, 5) is 4.29. The number of rotatable bonds is 4. The molecular formula is C11H18N2O3S. The molecule has 1 aliphatic rings. The van der Waals surface area contributed by atoms with E-state index in [0.717, 1.165) is 12.2 Å². The van der Waals surface area contributed by atoms with Crippen LogP contribution in [0.2, 0.25) is 0 Å². The summed E-state index contributed by atoms with van der Waals surface area (Å²) in [5.41, 5.74) is 0. The summed E-state index contributed by atoms with van der Waals surface area (Å²) >= 11 is 0. The molecule has 1 atom stereocenters. The van der Waals surface area contributed by atoms with Gasteiger partial charge in [-0.1, -0.05) is 19.0 Å². The maximum atomic E-state index is 11.3. The SMILES string of the molecule is CC(C)Cc1noc(C[C@H]2CCS(=O)(=O)C2)n1. The molecule has 0 N–H and O–H groups in total. The van der Waals surface area contributed by atoms with Crippen LogP contribution in [0.25, 0.3) is 0 Å². The lowest BCUT2D eigenvalue weighted by Gasteiger charge is -2.01. The zero-order valence-electron chi connectivity index (χ0n) is 10.2. The number of sulfone groups is 1. The van der Waals surface area contributed by atoms with Crippen molar-refractivity contribution < 1.29 is 12.9 Å². The Morgan fingerprint density at radius 3 is 2.82 bits per heavy atom. The van der Waals surface area contributed by atoms with E-state index >= 15 is 0 Å². The van der Waals surface area contributed by atoms with E-state index in [4.69, 9.17) is 4.52 Å². The van der Waals surface area contributed by atoms with Crippen LogP contribution in [-0.2, 0) is 22.7 Å². The standard InChI is InChI=1S/C11H18N2O3S/c1-8(2)5-10-12-11(16-13-10)6-9-3-4-17(14,15)7-9/h8-9H,3-7H2,1-2H3/t9-/m1/s1. The average molecular weight is 258 g/mol. The van der Waals surface area contributed by atoms with Gasteiger partial charge in [0.1, 0.15) is 0 Å². The summed E-state index contributed by atoms with van der Waals surface area (Å²) in [6.45, 7) is 4.19. The number of aromatic nitrogens is 2. The smallest absolute Gasteiger partial charge is 0.226 e. The number of nitrogens with zero attached hydrogens (tertiary/aromatic N) is 2. The molecule has 1 saturated heterocycles. The van der Waals surface area contributed by atoms with E-state index in [1.165, 1.54) is 0 Å². The van der Waals surface area contributed by atoms with Crippen LogP contribution in [0.4, 0.5) is 0 Å². The molecule has 0 aromatic carbocycles. The minimum absolute atomic E-state index is 0.146. The zero-order chi connectivity index (χ0) is 12.5. The summed E-state index contributed by atoms with van der Waals surface area (Å²) in [6, 6.07) is 0. The highest BCUT2D eigenvalue weighted by atomic mass is 32.2. The molecule has 0 radical (unpaired) electrons. The van der Waals surface area contributed by atoms with Crippen LogP contribution in [0.1, 0.15) is 32.0 Å². The van der Waals surface area contributed by atoms with Crippen LogP contribution in [0.3, 0.4) is 0 Å². The molecule has 1 fully saturated rings. The van der Waals surface area contributed by atoms with E-state index in [1.807, 2.05) is 0 Å². The predicted octanol–water partition coefficient (Wildman–Crippen LogP) is 1.25. The Morgan fingerprint density at radius 2 is 2.24 bits per heavy atom. The van der Waals surface area contributed by atoms with E-state index < -0.39 is 9.84 Å². The average Bonchev–Trinajstić information content (AvgIpc) is 2.73. The molecular weight excluding hydrogens is 240 g/mol. The molecule has 1 aliphatic heterocycles. The Balaban J connectivity index is 1.93.